The van der Waals surface area contributed by atoms with Crippen LogP contribution in [0.2, 0.25) is 13.1 Å². The van der Waals surface area contributed by atoms with E-state index in [2.05, 4.69) is 0 Å². The van der Waals surface area contributed by atoms with E-state index in [0.29, 0.717) is 51.9 Å². The molecule has 0 aromatic heterocycles. The molecule has 1 saturated carbocycles. The highest BCUT2D eigenvalue weighted by molar-refractivity contribution is 6.71. The highest BCUT2D eigenvalue weighted by atomic mass is 28.4. The number of aliphatic hydroxyl groups excluding tert-OH is 4. The van der Waals surface area contributed by atoms with Crippen molar-refractivity contribution in [1.29, 1.82) is 0 Å². The molecule has 0 aliphatic heterocycles. The van der Waals surface area contributed by atoms with Gasteiger partial charge in [0.15, 0.2) is 0 Å². The molecule has 0 spiro atoms. The molecule has 0 saturated heterocycles. The van der Waals surface area contributed by atoms with Crippen molar-refractivity contribution in [2.45, 2.75) is 76.4 Å². The maximum Gasteiger partial charge on any atom is 0.305 e. The van der Waals surface area contributed by atoms with E-state index in [0.717, 1.165) is 12.8 Å². The number of unbranched alkanes of at least 4 members (excludes halogenated alkanes) is 1. The van der Waals surface area contributed by atoms with Crippen LogP contribution in [0.15, 0.2) is 54.6 Å². The molecular weight excluding hydrogens is 516 g/mol. The predicted molar refractivity (Wildman–Crippen MR) is 153 cm³/mol. The molecule has 1 aromatic rings. The first kappa shape index (κ1) is 33.4. The number of carbonyl (C=O) groups excluding carboxylic acids is 1. The second-order valence-corrected chi connectivity index (χ2v) is 14.9. The number of benzene rings is 1. The summed E-state index contributed by atoms with van der Waals surface area (Å²) in [5.41, 5.74) is 1.17. The highest BCUT2D eigenvalue weighted by Gasteiger charge is 2.39. The van der Waals surface area contributed by atoms with Crippen LogP contribution in [0.3, 0.4) is 0 Å². The molecule has 1 aliphatic carbocycles. The van der Waals surface area contributed by atoms with Crippen LogP contribution in [0.25, 0.3) is 0 Å². The Kier molecular flexibility index (Phi) is 15.8. The van der Waals surface area contributed by atoms with Gasteiger partial charge in [0.2, 0.25) is 8.32 Å². The fourth-order valence-electron chi connectivity index (χ4n) is 4.57. The second-order valence-electron chi connectivity index (χ2n) is 10.8. The summed E-state index contributed by atoms with van der Waals surface area (Å²) < 4.78 is 16.2. The summed E-state index contributed by atoms with van der Waals surface area (Å²) in [7, 11) is -1.98. The molecule has 220 valence electrons. The number of carbonyl (C=O) groups is 1. The first-order valence-electron chi connectivity index (χ1n) is 14.1. The van der Waals surface area contributed by atoms with Crippen LogP contribution in [0, 0.1) is 11.8 Å². The summed E-state index contributed by atoms with van der Waals surface area (Å²) in [6, 6.07) is 10.0. The average molecular weight is 565 g/mol. The van der Waals surface area contributed by atoms with Gasteiger partial charge < -0.3 is 34.3 Å². The van der Waals surface area contributed by atoms with Crippen molar-refractivity contribution < 1.29 is 39.1 Å². The number of ether oxygens (including phenoxy) is 2. The van der Waals surface area contributed by atoms with Crippen molar-refractivity contribution in [2.24, 2.45) is 11.8 Å². The van der Waals surface area contributed by atoms with Gasteiger partial charge in [-0.1, -0.05) is 54.6 Å². The number of aryl methyl sites for hydroxylation is 1. The number of aliphatic hydroxyl groups is 4. The Labute approximate surface area is 234 Å². The number of rotatable bonds is 19. The fourth-order valence-corrected chi connectivity index (χ4v) is 5.29. The number of hydrogen-bond donors (Lipinski definition) is 4. The average Bonchev–Trinajstić information content (AvgIpc) is 3.19. The van der Waals surface area contributed by atoms with Gasteiger partial charge in [-0.25, -0.2) is 0 Å². The highest BCUT2D eigenvalue weighted by Crippen LogP contribution is 2.36. The number of hydrogen-bond acceptors (Lipinski definition) is 8. The zero-order valence-electron chi connectivity index (χ0n) is 23.5. The minimum absolute atomic E-state index is 0.0737. The van der Waals surface area contributed by atoms with Crippen molar-refractivity contribution in [3.63, 3.8) is 0 Å². The Morgan fingerprint density at radius 1 is 1.08 bits per heavy atom. The smallest absolute Gasteiger partial charge is 0.305 e. The molecule has 8 nitrogen and oxygen atoms in total. The van der Waals surface area contributed by atoms with Crippen LogP contribution in [0.4, 0.5) is 0 Å². The summed E-state index contributed by atoms with van der Waals surface area (Å²) in [5, 5.41) is 40.4. The van der Waals surface area contributed by atoms with E-state index < -0.39 is 26.6 Å². The summed E-state index contributed by atoms with van der Waals surface area (Å²) in [5.74, 6) is -0.577. The maximum atomic E-state index is 11.9. The Balaban J connectivity index is 1.59. The van der Waals surface area contributed by atoms with E-state index in [4.69, 9.17) is 13.9 Å². The minimum atomic E-state index is -1.98. The molecule has 0 radical (unpaired) electrons. The molecule has 0 amide bonds. The zero-order chi connectivity index (χ0) is 28.5. The fraction of sp³-hybridized carbons (Fsp3) is 0.633. The van der Waals surface area contributed by atoms with Crippen LogP contribution in [0.1, 0.15) is 44.1 Å². The molecular formula is C30H48O8Si. The van der Waals surface area contributed by atoms with Gasteiger partial charge in [-0.15, -0.1) is 0 Å². The van der Waals surface area contributed by atoms with E-state index >= 15 is 0 Å². The van der Waals surface area contributed by atoms with Gasteiger partial charge >= 0.3 is 5.97 Å². The molecule has 5 atom stereocenters. The van der Waals surface area contributed by atoms with E-state index in [9.17, 15) is 25.2 Å². The second kappa shape index (κ2) is 18.5. The molecule has 0 heterocycles. The van der Waals surface area contributed by atoms with E-state index in [-0.39, 0.29) is 30.6 Å². The molecule has 1 aliphatic rings. The lowest BCUT2D eigenvalue weighted by Crippen LogP contribution is -2.36. The van der Waals surface area contributed by atoms with Crippen molar-refractivity contribution in [2.75, 3.05) is 32.7 Å². The van der Waals surface area contributed by atoms with Crippen molar-refractivity contribution >= 4 is 14.3 Å². The van der Waals surface area contributed by atoms with Gasteiger partial charge in [0.1, 0.15) is 6.61 Å². The van der Waals surface area contributed by atoms with Crippen LogP contribution >= 0.6 is 0 Å². The largest absolute Gasteiger partial charge is 0.463 e. The SMILES string of the molecule is C[Si](C)(CO)OCCOCCOC(=O)CCC/C=C\C[C@@H]1[C@@H](/C=C/[C@@H](O)CCc2ccccc2)[C@H](O)C[C@@H]1O. The van der Waals surface area contributed by atoms with Crippen molar-refractivity contribution in [3.8, 4) is 0 Å². The summed E-state index contributed by atoms with van der Waals surface area (Å²) >= 11 is 0. The van der Waals surface area contributed by atoms with Crippen LogP contribution in [0.5, 0.6) is 0 Å². The molecule has 1 fully saturated rings. The minimum Gasteiger partial charge on any atom is -0.463 e. The lowest BCUT2D eigenvalue weighted by molar-refractivity contribution is -0.145. The van der Waals surface area contributed by atoms with Gasteiger partial charge in [-0.3, -0.25) is 4.79 Å². The monoisotopic (exact) mass is 564 g/mol. The van der Waals surface area contributed by atoms with Gasteiger partial charge in [-0.2, -0.15) is 0 Å². The standard InChI is InChI=1S/C30H48O8Si/c1-39(2,23-31)38-21-19-36-18-20-37-30(35)13-9-4-3-8-12-26-27(29(34)22-28(26)33)17-16-25(32)15-14-24-10-6-5-7-11-24/h3,5-8,10-11,16-17,25-29,31-34H,4,9,12-15,18-23H2,1-2H3/b8-3-,17-16+/t25-,26+,27+,28-,29+/m0/s1. The molecule has 9 heteroatoms. The van der Waals surface area contributed by atoms with Gasteiger partial charge in [-0.05, 0) is 56.7 Å². The van der Waals surface area contributed by atoms with Crippen LogP contribution < -0.4 is 0 Å². The first-order valence-corrected chi connectivity index (χ1v) is 17.2. The van der Waals surface area contributed by atoms with E-state index in [1.807, 2.05) is 61.7 Å². The summed E-state index contributed by atoms with van der Waals surface area (Å²) in [6.07, 6.45) is 9.90. The van der Waals surface area contributed by atoms with E-state index in [1.54, 1.807) is 6.08 Å². The van der Waals surface area contributed by atoms with Gasteiger partial charge in [0, 0.05) is 18.8 Å². The molecule has 1 aromatic carbocycles. The topological polar surface area (TPSA) is 126 Å². The zero-order valence-corrected chi connectivity index (χ0v) is 24.5. The van der Waals surface area contributed by atoms with Crippen molar-refractivity contribution in [3.05, 3.63) is 60.2 Å². The summed E-state index contributed by atoms with van der Waals surface area (Å²) in [4.78, 5) is 11.9. The van der Waals surface area contributed by atoms with Crippen LogP contribution in [-0.2, 0) is 25.1 Å². The maximum absolute atomic E-state index is 11.9. The number of esters is 1. The van der Waals surface area contributed by atoms with Gasteiger partial charge in [0.25, 0.3) is 0 Å². The molecule has 0 bridgehead atoms. The lowest BCUT2D eigenvalue weighted by atomic mass is 9.89. The normalized spacial score (nSPS) is 22.6. The molecule has 2 rings (SSSR count). The lowest BCUT2D eigenvalue weighted by Gasteiger charge is -2.19. The molecule has 0 unspecified atom stereocenters. The third-order valence-electron chi connectivity index (χ3n) is 6.96. The quantitative estimate of drug-likeness (QED) is 0.0873. The Morgan fingerprint density at radius 2 is 1.82 bits per heavy atom. The Bertz CT molecular complexity index is 860. The Hall–Kier alpha value is -1.85. The molecule has 39 heavy (non-hydrogen) atoms. The van der Waals surface area contributed by atoms with E-state index in [1.165, 1.54) is 5.56 Å². The first-order chi connectivity index (χ1) is 18.7. The molecule has 4 N–H and O–H groups in total. The van der Waals surface area contributed by atoms with Crippen molar-refractivity contribution in [1.82, 2.24) is 0 Å². The Morgan fingerprint density at radius 3 is 2.56 bits per heavy atom. The predicted octanol–water partition coefficient (Wildman–Crippen LogP) is 3.32. The number of allylic oxidation sites excluding steroid dienone is 2. The van der Waals surface area contributed by atoms with Crippen LogP contribution in [-0.4, -0.2) is 85.7 Å². The third kappa shape index (κ3) is 13.9. The third-order valence-corrected chi connectivity index (χ3v) is 8.71. The summed E-state index contributed by atoms with van der Waals surface area (Å²) in [6.45, 7) is 5.20. The van der Waals surface area contributed by atoms with Gasteiger partial charge in [0.05, 0.1) is 44.4 Å².